The zero-order valence-electron chi connectivity index (χ0n) is 9.58. The lowest BCUT2D eigenvalue weighted by molar-refractivity contribution is 0.164. The van der Waals surface area contributed by atoms with E-state index in [2.05, 4.69) is 25.8 Å². The van der Waals surface area contributed by atoms with Crippen LogP contribution in [0.15, 0.2) is 0 Å². The van der Waals surface area contributed by atoms with Gasteiger partial charge in [-0.05, 0) is 46.2 Å². The molecule has 13 heavy (non-hydrogen) atoms. The molecule has 0 aliphatic carbocycles. The van der Waals surface area contributed by atoms with Gasteiger partial charge in [-0.15, -0.1) is 0 Å². The Morgan fingerprint density at radius 3 is 2.15 bits per heavy atom. The molecule has 0 amide bonds. The summed E-state index contributed by atoms with van der Waals surface area (Å²) in [4.78, 5) is 2.41. The molecular formula is C11H25NO. The second-order valence-electron chi connectivity index (χ2n) is 3.94. The first-order valence-electron chi connectivity index (χ1n) is 5.50. The molecule has 0 aliphatic heterocycles. The third-order valence-electron chi connectivity index (χ3n) is 2.70. The van der Waals surface area contributed by atoms with E-state index in [4.69, 9.17) is 5.11 Å². The van der Waals surface area contributed by atoms with Crippen molar-refractivity contribution < 1.29 is 5.11 Å². The molecule has 0 aromatic carbocycles. The van der Waals surface area contributed by atoms with Crippen LogP contribution in [0.1, 0.15) is 46.5 Å². The van der Waals surface area contributed by atoms with Gasteiger partial charge < -0.3 is 10.0 Å². The first-order chi connectivity index (χ1) is 6.11. The van der Waals surface area contributed by atoms with Gasteiger partial charge in [-0.25, -0.2) is 0 Å². The van der Waals surface area contributed by atoms with Crippen LogP contribution < -0.4 is 0 Å². The van der Waals surface area contributed by atoms with E-state index >= 15 is 0 Å². The molecule has 0 aliphatic rings. The molecule has 0 aromatic rings. The lowest BCUT2D eigenvalue weighted by Crippen LogP contribution is -2.31. The molecule has 1 atom stereocenters. The summed E-state index contributed by atoms with van der Waals surface area (Å²) in [5, 5.41) is 9.10. The van der Waals surface area contributed by atoms with Crippen molar-refractivity contribution in [2.45, 2.75) is 58.6 Å². The van der Waals surface area contributed by atoms with E-state index in [9.17, 15) is 0 Å². The van der Waals surface area contributed by atoms with Crippen LogP contribution in [0.5, 0.6) is 0 Å². The van der Waals surface area contributed by atoms with Crippen LogP contribution in [0, 0.1) is 0 Å². The van der Waals surface area contributed by atoms with Crippen LogP contribution in [0.4, 0.5) is 0 Å². The molecule has 2 nitrogen and oxygen atoms in total. The maximum atomic E-state index is 9.10. The third kappa shape index (κ3) is 6.05. The quantitative estimate of drug-likeness (QED) is 0.661. The molecule has 1 N–H and O–H groups in total. The van der Waals surface area contributed by atoms with E-state index in [1.165, 1.54) is 12.8 Å². The van der Waals surface area contributed by atoms with Crippen LogP contribution in [0.3, 0.4) is 0 Å². The fourth-order valence-corrected chi connectivity index (χ4v) is 1.73. The molecule has 0 saturated carbocycles. The SMILES string of the molecule is CCC(CC)N(C)CCCC(C)O. The molecular weight excluding hydrogens is 162 g/mol. The molecule has 0 saturated heterocycles. The molecule has 1 unspecified atom stereocenters. The first-order valence-corrected chi connectivity index (χ1v) is 5.50. The minimum Gasteiger partial charge on any atom is -0.393 e. The Morgan fingerprint density at radius 1 is 1.23 bits per heavy atom. The van der Waals surface area contributed by atoms with E-state index < -0.39 is 0 Å². The zero-order chi connectivity index (χ0) is 10.3. The number of nitrogens with zero attached hydrogens (tertiary/aromatic N) is 1. The van der Waals surface area contributed by atoms with Crippen molar-refractivity contribution in [1.82, 2.24) is 4.90 Å². The smallest absolute Gasteiger partial charge is 0.0512 e. The third-order valence-corrected chi connectivity index (χ3v) is 2.70. The van der Waals surface area contributed by atoms with E-state index in [0.29, 0.717) is 6.04 Å². The Morgan fingerprint density at radius 2 is 1.77 bits per heavy atom. The highest BCUT2D eigenvalue weighted by Crippen LogP contribution is 2.07. The number of rotatable bonds is 7. The first kappa shape index (κ1) is 12.9. The predicted octanol–water partition coefficient (Wildman–Crippen LogP) is 2.27. The minimum absolute atomic E-state index is 0.143. The topological polar surface area (TPSA) is 23.5 Å². The summed E-state index contributed by atoms with van der Waals surface area (Å²) in [5.41, 5.74) is 0. The summed E-state index contributed by atoms with van der Waals surface area (Å²) in [6, 6.07) is 0.717. The second-order valence-corrected chi connectivity index (χ2v) is 3.94. The number of aliphatic hydroxyl groups is 1. The average Bonchev–Trinajstić information content (AvgIpc) is 2.05. The van der Waals surface area contributed by atoms with Crippen molar-refractivity contribution in [2.75, 3.05) is 13.6 Å². The molecule has 0 fully saturated rings. The highest BCUT2D eigenvalue weighted by molar-refractivity contribution is 4.65. The van der Waals surface area contributed by atoms with Crippen LogP contribution in [-0.4, -0.2) is 35.7 Å². The van der Waals surface area contributed by atoms with E-state index in [0.717, 1.165) is 19.4 Å². The Balaban J connectivity index is 3.53. The van der Waals surface area contributed by atoms with Gasteiger partial charge in [-0.2, -0.15) is 0 Å². The number of hydrogen-bond acceptors (Lipinski definition) is 2. The van der Waals surface area contributed by atoms with E-state index in [1.807, 2.05) is 6.92 Å². The van der Waals surface area contributed by atoms with Gasteiger partial charge in [-0.3, -0.25) is 0 Å². The summed E-state index contributed by atoms with van der Waals surface area (Å²) in [7, 11) is 2.18. The molecule has 0 aromatic heterocycles. The Bertz CT molecular complexity index is 111. The molecule has 0 spiro atoms. The maximum absolute atomic E-state index is 9.10. The molecule has 80 valence electrons. The summed E-state index contributed by atoms with van der Waals surface area (Å²) in [5.74, 6) is 0. The minimum atomic E-state index is -0.143. The van der Waals surface area contributed by atoms with Gasteiger partial charge in [0.05, 0.1) is 6.10 Å². The molecule has 0 bridgehead atoms. The fraction of sp³-hybridized carbons (Fsp3) is 1.00. The predicted molar refractivity (Wildman–Crippen MR) is 57.9 cm³/mol. The van der Waals surface area contributed by atoms with Crippen LogP contribution in [-0.2, 0) is 0 Å². The van der Waals surface area contributed by atoms with Gasteiger partial charge in [0.2, 0.25) is 0 Å². The Labute approximate surface area is 82.9 Å². The lowest BCUT2D eigenvalue weighted by Gasteiger charge is -2.26. The molecule has 0 rings (SSSR count). The maximum Gasteiger partial charge on any atom is 0.0512 e. The average molecular weight is 187 g/mol. The Hall–Kier alpha value is -0.0800. The summed E-state index contributed by atoms with van der Waals surface area (Å²) >= 11 is 0. The summed E-state index contributed by atoms with van der Waals surface area (Å²) < 4.78 is 0. The fourth-order valence-electron chi connectivity index (χ4n) is 1.73. The summed E-state index contributed by atoms with van der Waals surface area (Å²) in [6.45, 7) is 7.44. The van der Waals surface area contributed by atoms with Crippen molar-refractivity contribution in [3.05, 3.63) is 0 Å². The molecule has 2 heteroatoms. The van der Waals surface area contributed by atoms with Crippen molar-refractivity contribution >= 4 is 0 Å². The lowest BCUT2D eigenvalue weighted by atomic mass is 10.1. The van der Waals surface area contributed by atoms with Gasteiger partial charge in [0.25, 0.3) is 0 Å². The molecule has 0 radical (unpaired) electrons. The van der Waals surface area contributed by atoms with Crippen molar-refractivity contribution in [1.29, 1.82) is 0 Å². The standard InChI is InChI=1S/C11H25NO/c1-5-11(6-2)12(4)9-7-8-10(3)13/h10-11,13H,5-9H2,1-4H3. The monoisotopic (exact) mass is 187 g/mol. The van der Waals surface area contributed by atoms with Gasteiger partial charge in [0.15, 0.2) is 0 Å². The van der Waals surface area contributed by atoms with Crippen LogP contribution in [0.2, 0.25) is 0 Å². The number of hydrogen-bond donors (Lipinski definition) is 1. The van der Waals surface area contributed by atoms with Gasteiger partial charge in [-0.1, -0.05) is 13.8 Å². The summed E-state index contributed by atoms with van der Waals surface area (Å²) in [6.07, 6.45) is 4.33. The van der Waals surface area contributed by atoms with Gasteiger partial charge >= 0.3 is 0 Å². The normalized spacial score (nSPS) is 14.1. The second kappa shape index (κ2) is 7.34. The van der Waals surface area contributed by atoms with Gasteiger partial charge in [0, 0.05) is 6.04 Å². The molecule has 0 heterocycles. The largest absolute Gasteiger partial charge is 0.393 e. The highest BCUT2D eigenvalue weighted by Gasteiger charge is 2.09. The van der Waals surface area contributed by atoms with E-state index in [1.54, 1.807) is 0 Å². The number of aliphatic hydroxyl groups excluding tert-OH is 1. The van der Waals surface area contributed by atoms with Crippen molar-refractivity contribution in [3.63, 3.8) is 0 Å². The van der Waals surface area contributed by atoms with Crippen LogP contribution >= 0.6 is 0 Å². The van der Waals surface area contributed by atoms with Crippen molar-refractivity contribution in [2.24, 2.45) is 0 Å². The zero-order valence-corrected chi connectivity index (χ0v) is 9.58. The van der Waals surface area contributed by atoms with Gasteiger partial charge in [0.1, 0.15) is 0 Å². The van der Waals surface area contributed by atoms with Crippen molar-refractivity contribution in [3.8, 4) is 0 Å². The Kier molecular flexibility index (Phi) is 7.29. The highest BCUT2D eigenvalue weighted by atomic mass is 16.3. The van der Waals surface area contributed by atoms with E-state index in [-0.39, 0.29) is 6.10 Å². The van der Waals surface area contributed by atoms with Crippen LogP contribution in [0.25, 0.3) is 0 Å².